The number of aromatic amines is 1. The average molecular weight is 368 g/mol. The molecule has 1 unspecified atom stereocenters. The number of hydrogen-bond donors (Lipinski definition) is 1. The number of ether oxygens (including phenoxy) is 1. The molecule has 1 fully saturated rings. The van der Waals surface area contributed by atoms with E-state index >= 15 is 0 Å². The number of hydrogen-bond acceptors (Lipinski definition) is 6. The normalized spacial score (nSPS) is 21.0. The third-order valence-corrected chi connectivity index (χ3v) is 6.44. The third-order valence-electron chi connectivity index (χ3n) is 5.27. The minimum Gasteiger partial charge on any atom is -0.378 e. The van der Waals surface area contributed by atoms with Crippen molar-refractivity contribution in [2.75, 3.05) is 31.2 Å². The molecule has 134 valence electrons. The fourth-order valence-corrected chi connectivity index (χ4v) is 5.01. The number of ketones is 1. The Morgan fingerprint density at radius 3 is 3.04 bits per heavy atom. The van der Waals surface area contributed by atoms with E-state index in [1.165, 1.54) is 5.56 Å². The molecular weight excluding hydrogens is 348 g/mol. The molecule has 6 nitrogen and oxygen atoms in total. The molecule has 26 heavy (non-hydrogen) atoms. The van der Waals surface area contributed by atoms with Crippen LogP contribution < -0.4 is 4.90 Å². The number of nitrogens with one attached hydrogen (secondary N) is 1. The van der Waals surface area contributed by atoms with Crippen molar-refractivity contribution in [1.82, 2.24) is 15.2 Å². The van der Waals surface area contributed by atoms with Crippen LogP contribution in [0.4, 0.5) is 5.13 Å². The third kappa shape index (κ3) is 2.71. The van der Waals surface area contributed by atoms with Gasteiger partial charge in [-0.05, 0) is 24.5 Å². The molecule has 3 heterocycles. The van der Waals surface area contributed by atoms with Crippen molar-refractivity contribution in [3.8, 4) is 0 Å². The number of rotatable bonds is 2. The molecule has 1 atom stereocenters. The Balaban J connectivity index is 1.57. The highest BCUT2D eigenvalue weighted by Crippen LogP contribution is 2.40. The monoisotopic (exact) mass is 368 g/mol. The molecular formula is C19H20N4O2S. The van der Waals surface area contributed by atoms with E-state index in [1.54, 1.807) is 11.3 Å². The fourth-order valence-electron chi connectivity index (χ4n) is 3.86. The number of nitrogens with zero attached hydrogens (tertiary/aromatic N) is 3. The second-order valence-corrected chi connectivity index (χ2v) is 7.87. The van der Waals surface area contributed by atoms with Crippen molar-refractivity contribution in [1.29, 1.82) is 0 Å². The second kappa shape index (κ2) is 6.48. The van der Waals surface area contributed by atoms with Gasteiger partial charge in [0.1, 0.15) is 0 Å². The lowest BCUT2D eigenvalue weighted by atomic mass is 9.91. The zero-order chi connectivity index (χ0) is 17.5. The van der Waals surface area contributed by atoms with Gasteiger partial charge in [0.05, 0.1) is 35.5 Å². The van der Waals surface area contributed by atoms with Gasteiger partial charge >= 0.3 is 0 Å². The van der Waals surface area contributed by atoms with Gasteiger partial charge in [0.25, 0.3) is 0 Å². The summed E-state index contributed by atoms with van der Waals surface area (Å²) in [5, 5.41) is 9.23. The van der Waals surface area contributed by atoms with Crippen LogP contribution in [0.25, 0.3) is 10.9 Å². The lowest BCUT2D eigenvalue weighted by molar-refractivity contribution is 0.0985. The number of carbonyl (C=O) groups is 1. The largest absolute Gasteiger partial charge is 0.378 e. The smallest absolute Gasteiger partial charge is 0.186 e. The number of Topliss-reactive ketones (excluding diaryl/α,β-unsaturated/α-hetero) is 1. The number of morpholine rings is 1. The van der Waals surface area contributed by atoms with Gasteiger partial charge in [0.2, 0.25) is 0 Å². The molecule has 1 saturated heterocycles. The summed E-state index contributed by atoms with van der Waals surface area (Å²) in [7, 11) is 0. The van der Waals surface area contributed by atoms with Crippen molar-refractivity contribution in [3.63, 3.8) is 0 Å². The molecule has 2 aromatic heterocycles. The number of aromatic nitrogens is 3. The molecule has 2 aliphatic rings. The standard InChI is InChI=1S/C19H20N4O2S/c24-16-3-1-2-14(12-4-5-13-11-20-22-15(13)10-12)17-18(16)26-19(21-17)23-6-8-25-9-7-23/h4-5,10-11,14H,1-3,6-9H2,(H,20,22). The number of carbonyl (C=O) groups excluding carboxylic acids is 1. The number of thiazole rings is 1. The van der Waals surface area contributed by atoms with Crippen molar-refractivity contribution in [3.05, 3.63) is 40.5 Å². The zero-order valence-electron chi connectivity index (χ0n) is 14.4. The number of benzene rings is 1. The van der Waals surface area contributed by atoms with E-state index in [9.17, 15) is 4.79 Å². The average Bonchev–Trinajstić information content (AvgIpc) is 3.29. The fraction of sp³-hybridized carbons (Fsp3) is 0.421. The van der Waals surface area contributed by atoms with Gasteiger partial charge < -0.3 is 9.64 Å². The first-order valence-electron chi connectivity index (χ1n) is 9.09. The van der Waals surface area contributed by atoms with E-state index in [0.29, 0.717) is 6.42 Å². The van der Waals surface area contributed by atoms with Crippen LogP contribution in [-0.4, -0.2) is 47.3 Å². The molecule has 3 aromatic rings. The molecule has 5 rings (SSSR count). The van der Waals surface area contributed by atoms with E-state index in [1.807, 2.05) is 6.20 Å². The summed E-state index contributed by atoms with van der Waals surface area (Å²) in [6.07, 6.45) is 4.30. The Morgan fingerprint density at radius 1 is 1.27 bits per heavy atom. The first-order chi connectivity index (χ1) is 12.8. The topological polar surface area (TPSA) is 71.1 Å². The Morgan fingerprint density at radius 2 is 2.15 bits per heavy atom. The van der Waals surface area contributed by atoms with Crippen molar-refractivity contribution >= 4 is 33.2 Å². The summed E-state index contributed by atoms with van der Waals surface area (Å²) < 4.78 is 5.45. The second-order valence-electron chi connectivity index (χ2n) is 6.89. The van der Waals surface area contributed by atoms with Crippen LogP contribution >= 0.6 is 11.3 Å². The van der Waals surface area contributed by atoms with Gasteiger partial charge in [-0.3, -0.25) is 9.89 Å². The lowest BCUT2D eigenvalue weighted by Crippen LogP contribution is -2.36. The van der Waals surface area contributed by atoms with Crippen LogP contribution in [0.2, 0.25) is 0 Å². The summed E-state index contributed by atoms with van der Waals surface area (Å²) in [6.45, 7) is 3.12. The first-order valence-corrected chi connectivity index (χ1v) is 9.91. The molecule has 0 bridgehead atoms. The number of anilines is 1. The maximum absolute atomic E-state index is 12.7. The molecule has 1 aliphatic carbocycles. The highest BCUT2D eigenvalue weighted by molar-refractivity contribution is 7.17. The summed E-state index contributed by atoms with van der Waals surface area (Å²) in [6, 6.07) is 6.39. The minimum atomic E-state index is 0.162. The maximum atomic E-state index is 12.7. The van der Waals surface area contributed by atoms with E-state index < -0.39 is 0 Å². The van der Waals surface area contributed by atoms with Crippen molar-refractivity contribution in [2.45, 2.75) is 25.2 Å². The van der Waals surface area contributed by atoms with Gasteiger partial charge in [-0.1, -0.05) is 23.5 Å². The number of fused-ring (bicyclic) bond motifs is 2. The van der Waals surface area contributed by atoms with Gasteiger partial charge in [-0.2, -0.15) is 5.10 Å². The van der Waals surface area contributed by atoms with E-state index in [4.69, 9.17) is 9.72 Å². The molecule has 1 aliphatic heterocycles. The minimum absolute atomic E-state index is 0.162. The van der Waals surface area contributed by atoms with Crippen LogP contribution in [-0.2, 0) is 4.74 Å². The molecule has 0 spiro atoms. The highest BCUT2D eigenvalue weighted by Gasteiger charge is 2.30. The Kier molecular flexibility index (Phi) is 3.98. The van der Waals surface area contributed by atoms with Crippen molar-refractivity contribution in [2.24, 2.45) is 0 Å². The van der Waals surface area contributed by atoms with Gasteiger partial charge in [-0.25, -0.2) is 4.98 Å². The lowest BCUT2D eigenvalue weighted by Gasteiger charge is -2.26. The molecule has 0 saturated carbocycles. The van der Waals surface area contributed by atoms with Crippen LogP contribution in [0, 0.1) is 0 Å². The number of H-pyrrole nitrogens is 1. The Labute approximate surface area is 155 Å². The van der Waals surface area contributed by atoms with E-state index in [-0.39, 0.29) is 11.7 Å². The predicted molar refractivity (Wildman–Crippen MR) is 101 cm³/mol. The van der Waals surface area contributed by atoms with Gasteiger partial charge in [0.15, 0.2) is 10.9 Å². The van der Waals surface area contributed by atoms with Gasteiger partial charge in [-0.15, -0.1) is 0 Å². The molecule has 0 amide bonds. The van der Waals surface area contributed by atoms with Crippen LogP contribution in [0.15, 0.2) is 24.4 Å². The highest BCUT2D eigenvalue weighted by atomic mass is 32.1. The van der Waals surface area contributed by atoms with E-state index in [0.717, 1.165) is 65.8 Å². The first kappa shape index (κ1) is 16.0. The summed E-state index contributed by atoms with van der Waals surface area (Å²) in [5.41, 5.74) is 3.19. The van der Waals surface area contributed by atoms with Crippen LogP contribution in [0.1, 0.15) is 46.1 Å². The summed E-state index contributed by atoms with van der Waals surface area (Å²) in [5.74, 6) is 0.400. The Hall–Kier alpha value is -2.25. The summed E-state index contributed by atoms with van der Waals surface area (Å²) >= 11 is 1.56. The van der Waals surface area contributed by atoms with Crippen molar-refractivity contribution < 1.29 is 9.53 Å². The molecule has 0 radical (unpaired) electrons. The quantitative estimate of drug-likeness (QED) is 0.703. The SMILES string of the molecule is O=C1CCCC(c2ccc3cn[nH]c3c2)c2nc(N3CCOCC3)sc21. The summed E-state index contributed by atoms with van der Waals surface area (Å²) in [4.78, 5) is 20.7. The van der Waals surface area contributed by atoms with Gasteiger partial charge in [0, 0.05) is 30.8 Å². The Bertz CT molecular complexity index is 958. The zero-order valence-corrected chi connectivity index (χ0v) is 15.2. The van der Waals surface area contributed by atoms with Crippen LogP contribution in [0.5, 0.6) is 0 Å². The maximum Gasteiger partial charge on any atom is 0.186 e. The molecule has 1 aromatic carbocycles. The molecule has 1 N–H and O–H groups in total. The molecule has 7 heteroatoms. The van der Waals surface area contributed by atoms with Crippen LogP contribution in [0.3, 0.4) is 0 Å². The predicted octanol–water partition coefficient (Wildman–Crippen LogP) is 3.35. The van der Waals surface area contributed by atoms with E-state index in [2.05, 4.69) is 33.3 Å².